The van der Waals surface area contributed by atoms with E-state index in [1.165, 1.54) is 5.56 Å². The lowest BCUT2D eigenvalue weighted by atomic mass is 9.99. The normalized spacial score (nSPS) is 11.5. The molecule has 15 heavy (non-hydrogen) atoms. The lowest BCUT2D eigenvalue weighted by Crippen LogP contribution is -2.18. The molecular formula is C13H20O2. The fourth-order valence-corrected chi connectivity index (χ4v) is 1.62. The SMILES string of the molecule is COc1ccccc1CCCC(C)(C)O. The first-order valence-corrected chi connectivity index (χ1v) is 5.37. The van der Waals surface area contributed by atoms with Gasteiger partial charge in [0.25, 0.3) is 0 Å². The van der Waals surface area contributed by atoms with E-state index in [-0.39, 0.29) is 0 Å². The summed E-state index contributed by atoms with van der Waals surface area (Å²) in [6.45, 7) is 3.68. The Morgan fingerprint density at radius 1 is 1.27 bits per heavy atom. The maximum Gasteiger partial charge on any atom is 0.122 e. The second-order valence-electron chi connectivity index (χ2n) is 4.48. The van der Waals surface area contributed by atoms with E-state index in [4.69, 9.17) is 4.74 Å². The van der Waals surface area contributed by atoms with E-state index in [1.807, 2.05) is 32.0 Å². The molecule has 0 aliphatic rings. The maximum atomic E-state index is 9.59. The van der Waals surface area contributed by atoms with Gasteiger partial charge in [0.05, 0.1) is 12.7 Å². The van der Waals surface area contributed by atoms with E-state index < -0.39 is 5.60 Å². The molecule has 0 amide bonds. The molecule has 0 fully saturated rings. The van der Waals surface area contributed by atoms with Gasteiger partial charge in [-0.25, -0.2) is 0 Å². The van der Waals surface area contributed by atoms with Gasteiger partial charge in [0.1, 0.15) is 5.75 Å². The summed E-state index contributed by atoms with van der Waals surface area (Å²) in [4.78, 5) is 0. The molecule has 1 aromatic carbocycles. The predicted molar refractivity (Wildman–Crippen MR) is 62.2 cm³/mol. The minimum absolute atomic E-state index is 0.567. The van der Waals surface area contributed by atoms with Crippen molar-refractivity contribution in [3.8, 4) is 5.75 Å². The minimum atomic E-state index is -0.567. The monoisotopic (exact) mass is 208 g/mol. The molecule has 84 valence electrons. The van der Waals surface area contributed by atoms with Crippen molar-refractivity contribution in [3.63, 3.8) is 0 Å². The average molecular weight is 208 g/mol. The third kappa shape index (κ3) is 4.34. The van der Waals surface area contributed by atoms with Crippen molar-refractivity contribution in [2.45, 2.75) is 38.7 Å². The van der Waals surface area contributed by atoms with Crippen LogP contribution >= 0.6 is 0 Å². The van der Waals surface area contributed by atoms with Crippen molar-refractivity contribution in [3.05, 3.63) is 29.8 Å². The number of aliphatic hydroxyl groups is 1. The van der Waals surface area contributed by atoms with Gasteiger partial charge in [0.2, 0.25) is 0 Å². The van der Waals surface area contributed by atoms with Crippen molar-refractivity contribution in [1.82, 2.24) is 0 Å². The first kappa shape index (κ1) is 12.1. The van der Waals surface area contributed by atoms with Crippen LogP contribution in [0, 0.1) is 0 Å². The highest BCUT2D eigenvalue weighted by atomic mass is 16.5. The summed E-state index contributed by atoms with van der Waals surface area (Å²) in [5, 5.41) is 9.59. The summed E-state index contributed by atoms with van der Waals surface area (Å²) in [7, 11) is 1.69. The third-order valence-corrected chi connectivity index (χ3v) is 2.43. The lowest BCUT2D eigenvalue weighted by Gasteiger charge is -2.16. The van der Waals surface area contributed by atoms with Crippen molar-refractivity contribution in [2.24, 2.45) is 0 Å². The van der Waals surface area contributed by atoms with Crippen LogP contribution in [0.4, 0.5) is 0 Å². The van der Waals surface area contributed by atoms with Gasteiger partial charge in [0.15, 0.2) is 0 Å². The van der Waals surface area contributed by atoms with E-state index in [9.17, 15) is 5.11 Å². The molecule has 0 aromatic heterocycles. The van der Waals surface area contributed by atoms with Crippen LogP contribution in [-0.4, -0.2) is 17.8 Å². The van der Waals surface area contributed by atoms with Crippen molar-refractivity contribution in [1.29, 1.82) is 0 Å². The largest absolute Gasteiger partial charge is 0.496 e. The zero-order valence-electron chi connectivity index (χ0n) is 9.79. The molecule has 0 spiro atoms. The molecule has 1 N–H and O–H groups in total. The van der Waals surface area contributed by atoms with Gasteiger partial charge < -0.3 is 9.84 Å². The van der Waals surface area contributed by atoms with Gasteiger partial charge in [-0.3, -0.25) is 0 Å². The molecule has 0 aliphatic heterocycles. The van der Waals surface area contributed by atoms with Gasteiger partial charge >= 0.3 is 0 Å². The van der Waals surface area contributed by atoms with Gasteiger partial charge in [-0.15, -0.1) is 0 Å². The van der Waals surface area contributed by atoms with Gasteiger partial charge in [-0.2, -0.15) is 0 Å². The van der Waals surface area contributed by atoms with E-state index >= 15 is 0 Å². The Bertz CT molecular complexity index is 300. The molecule has 0 heterocycles. The Labute approximate surface area is 91.9 Å². The minimum Gasteiger partial charge on any atom is -0.496 e. The fourth-order valence-electron chi connectivity index (χ4n) is 1.62. The Hall–Kier alpha value is -1.02. The number of hydrogen-bond donors (Lipinski definition) is 1. The van der Waals surface area contributed by atoms with Crippen LogP contribution in [0.1, 0.15) is 32.3 Å². The van der Waals surface area contributed by atoms with Crippen LogP contribution < -0.4 is 4.74 Å². The van der Waals surface area contributed by atoms with Crippen molar-refractivity contribution < 1.29 is 9.84 Å². The van der Waals surface area contributed by atoms with Gasteiger partial charge in [0, 0.05) is 0 Å². The second-order valence-corrected chi connectivity index (χ2v) is 4.48. The summed E-state index contributed by atoms with van der Waals surface area (Å²) in [6, 6.07) is 8.03. The summed E-state index contributed by atoms with van der Waals surface area (Å²) < 4.78 is 5.27. The highest BCUT2D eigenvalue weighted by Crippen LogP contribution is 2.21. The molecule has 0 atom stereocenters. The molecule has 2 heteroatoms. The van der Waals surface area contributed by atoms with Gasteiger partial charge in [-0.1, -0.05) is 18.2 Å². The van der Waals surface area contributed by atoms with Crippen LogP contribution in [0.25, 0.3) is 0 Å². The van der Waals surface area contributed by atoms with Crippen LogP contribution in [0.3, 0.4) is 0 Å². The molecule has 0 saturated heterocycles. The van der Waals surface area contributed by atoms with Crippen LogP contribution in [-0.2, 0) is 6.42 Å². The van der Waals surface area contributed by atoms with Crippen LogP contribution in [0.2, 0.25) is 0 Å². The number of ether oxygens (including phenoxy) is 1. The summed E-state index contributed by atoms with van der Waals surface area (Å²) in [5.41, 5.74) is 0.645. The zero-order valence-corrected chi connectivity index (χ0v) is 9.79. The quantitative estimate of drug-likeness (QED) is 0.806. The lowest BCUT2D eigenvalue weighted by molar-refractivity contribution is 0.0689. The number of para-hydroxylation sites is 1. The van der Waals surface area contributed by atoms with E-state index in [0.29, 0.717) is 0 Å². The number of hydrogen-bond acceptors (Lipinski definition) is 2. The molecule has 0 radical (unpaired) electrons. The summed E-state index contributed by atoms with van der Waals surface area (Å²) in [6.07, 6.45) is 2.74. The van der Waals surface area contributed by atoms with Crippen molar-refractivity contribution >= 4 is 0 Å². The first-order valence-electron chi connectivity index (χ1n) is 5.37. The summed E-state index contributed by atoms with van der Waals surface area (Å²) >= 11 is 0. The molecular weight excluding hydrogens is 188 g/mol. The van der Waals surface area contributed by atoms with E-state index in [0.717, 1.165) is 25.0 Å². The molecule has 1 rings (SSSR count). The predicted octanol–water partition coefficient (Wildman–Crippen LogP) is 2.79. The Morgan fingerprint density at radius 3 is 2.53 bits per heavy atom. The third-order valence-electron chi connectivity index (χ3n) is 2.43. The van der Waals surface area contributed by atoms with E-state index in [2.05, 4.69) is 6.07 Å². The molecule has 0 aliphatic carbocycles. The number of methoxy groups -OCH3 is 1. The Kier molecular flexibility index (Phi) is 4.15. The molecule has 0 bridgehead atoms. The zero-order chi connectivity index (χ0) is 11.3. The number of aryl methyl sites for hydroxylation is 1. The van der Waals surface area contributed by atoms with Crippen molar-refractivity contribution in [2.75, 3.05) is 7.11 Å². The number of rotatable bonds is 5. The first-order chi connectivity index (χ1) is 7.03. The molecule has 2 nitrogen and oxygen atoms in total. The van der Waals surface area contributed by atoms with Gasteiger partial charge in [-0.05, 0) is 44.7 Å². The van der Waals surface area contributed by atoms with Crippen LogP contribution in [0.5, 0.6) is 5.75 Å². The summed E-state index contributed by atoms with van der Waals surface area (Å²) in [5.74, 6) is 0.938. The van der Waals surface area contributed by atoms with E-state index in [1.54, 1.807) is 7.11 Å². The Balaban J connectivity index is 2.50. The topological polar surface area (TPSA) is 29.5 Å². The highest BCUT2D eigenvalue weighted by Gasteiger charge is 2.12. The molecule has 0 saturated carbocycles. The smallest absolute Gasteiger partial charge is 0.122 e. The Morgan fingerprint density at radius 2 is 1.93 bits per heavy atom. The maximum absolute atomic E-state index is 9.59. The average Bonchev–Trinajstić information content (AvgIpc) is 2.16. The van der Waals surface area contributed by atoms with Crippen LogP contribution in [0.15, 0.2) is 24.3 Å². The molecule has 1 aromatic rings. The number of benzene rings is 1. The fraction of sp³-hybridized carbons (Fsp3) is 0.538. The molecule has 0 unspecified atom stereocenters. The highest BCUT2D eigenvalue weighted by molar-refractivity contribution is 5.33. The second kappa shape index (κ2) is 5.17. The standard InChI is InChI=1S/C13H20O2/c1-13(2,14)10-6-8-11-7-4-5-9-12(11)15-3/h4-5,7,9,14H,6,8,10H2,1-3H3.